The monoisotopic (exact) mass is 342 g/mol. The van der Waals surface area contributed by atoms with E-state index in [1.54, 1.807) is 22.8 Å². The molecule has 1 saturated heterocycles. The molecule has 1 amide bonds. The molecule has 3 heterocycles. The van der Waals surface area contributed by atoms with E-state index in [-0.39, 0.29) is 11.9 Å². The second-order valence-electron chi connectivity index (χ2n) is 6.73. The maximum absolute atomic E-state index is 12.7. The lowest BCUT2D eigenvalue weighted by atomic mass is 10.1. The normalized spacial score (nSPS) is 16.5. The summed E-state index contributed by atoms with van der Waals surface area (Å²) in [4.78, 5) is 16.6. The molecule has 1 aliphatic carbocycles. The van der Waals surface area contributed by atoms with Crippen molar-refractivity contribution in [1.29, 1.82) is 0 Å². The highest BCUT2D eigenvalue weighted by Gasteiger charge is 2.35. The van der Waals surface area contributed by atoms with Gasteiger partial charge in [0, 0.05) is 33.4 Å². The molecule has 1 aliphatic heterocycles. The first-order valence-electron chi connectivity index (χ1n) is 8.52. The highest BCUT2D eigenvalue weighted by molar-refractivity contribution is 5.96. The van der Waals surface area contributed by atoms with Gasteiger partial charge < -0.3 is 14.5 Å². The van der Waals surface area contributed by atoms with E-state index in [0.717, 1.165) is 37.4 Å². The molecule has 0 bridgehead atoms. The van der Waals surface area contributed by atoms with Crippen LogP contribution < -0.4 is 9.64 Å². The van der Waals surface area contributed by atoms with Gasteiger partial charge in [0.25, 0.3) is 5.91 Å². The number of fused-ring (bicyclic) bond motifs is 1. The van der Waals surface area contributed by atoms with Crippen LogP contribution in [-0.4, -0.2) is 64.1 Å². The van der Waals surface area contributed by atoms with Crippen LogP contribution in [0.2, 0.25) is 0 Å². The highest BCUT2D eigenvalue weighted by Crippen LogP contribution is 2.27. The quantitative estimate of drug-likeness (QED) is 0.813. The summed E-state index contributed by atoms with van der Waals surface area (Å²) in [5.41, 5.74) is 2.94. The summed E-state index contributed by atoms with van der Waals surface area (Å²) in [6.45, 7) is 1.52. The van der Waals surface area contributed by atoms with Crippen molar-refractivity contribution in [3.63, 3.8) is 0 Å². The molecule has 0 atom stereocenters. The van der Waals surface area contributed by atoms with E-state index in [1.165, 1.54) is 19.1 Å². The van der Waals surface area contributed by atoms with Crippen molar-refractivity contribution >= 4 is 11.7 Å². The van der Waals surface area contributed by atoms with Crippen LogP contribution in [-0.2, 0) is 19.9 Å². The first-order chi connectivity index (χ1) is 12.1. The minimum Gasteiger partial charge on any atom is -0.479 e. The minimum atomic E-state index is -0.0744. The smallest absolute Gasteiger partial charge is 0.261 e. The zero-order valence-corrected chi connectivity index (χ0v) is 14.8. The Bertz CT molecular complexity index is 811. The summed E-state index contributed by atoms with van der Waals surface area (Å²) >= 11 is 0. The molecule has 0 unspecified atom stereocenters. The fourth-order valence-corrected chi connectivity index (χ4v) is 3.48. The van der Waals surface area contributed by atoms with Crippen LogP contribution in [0.3, 0.4) is 0 Å². The van der Waals surface area contributed by atoms with Gasteiger partial charge in [-0.15, -0.1) is 10.2 Å². The molecule has 2 aromatic heterocycles. The zero-order valence-electron chi connectivity index (χ0n) is 14.8. The van der Waals surface area contributed by atoms with E-state index in [1.807, 2.05) is 7.05 Å². The lowest BCUT2D eigenvalue weighted by Crippen LogP contribution is -2.60. The molecule has 0 spiro atoms. The van der Waals surface area contributed by atoms with Gasteiger partial charge in [0.1, 0.15) is 5.56 Å². The van der Waals surface area contributed by atoms with Crippen LogP contribution in [0.5, 0.6) is 5.88 Å². The summed E-state index contributed by atoms with van der Waals surface area (Å²) < 4.78 is 6.78. The average molecular weight is 342 g/mol. The van der Waals surface area contributed by atoms with E-state index in [4.69, 9.17) is 4.74 Å². The number of carbonyl (C=O) groups excluding carboxylic acids is 1. The predicted octanol–water partition coefficient (Wildman–Crippen LogP) is 0.668. The van der Waals surface area contributed by atoms with E-state index >= 15 is 0 Å². The number of likely N-dealkylation sites (N-methyl/N-ethyl adjacent to an activating group) is 1. The number of rotatable bonds is 4. The van der Waals surface area contributed by atoms with E-state index in [0.29, 0.717) is 11.4 Å². The Hall–Kier alpha value is -2.64. The number of ether oxygens (including phenoxy) is 1. The molecule has 1 fully saturated rings. The van der Waals surface area contributed by atoms with Crippen LogP contribution in [0.4, 0.5) is 5.82 Å². The highest BCUT2D eigenvalue weighted by atomic mass is 16.5. The van der Waals surface area contributed by atoms with Gasteiger partial charge in [-0.2, -0.15) is 5.10 Å². The number of carbonyl (C=O) groups is 1. The largest absolute Gasteiger partial charge is 0.479 e. The molecular formula is C17H22N6O2. The predicted molar refractivity (Wildman–Crippen MR) is 91.9 cm³/mol. The Morgan fingerprint density at radius 1 is 1.32 bits per heavy atom. The zero-order chi connectivity index (χ0) is 17.6. The third kappa shape index (κ3) is 2.71. The molecule has 8 heteroatoms. The number of anilines is 1. The molecule has 2 aliphatic rings. The standard InChI is InChI=1S/C17H22N6O2/c1-21-10-13(16(20-21)25-3)17(24)22(2)12-8-23(9-12)15-7-11-5-4-6-14(11)18-19-15/h7,10,12H,4-6,8-9H2,1-3H3. The molecule has 0 saturated carbocycles. The Kier molecular flexibility index (Phi) is 3.82. The summed E-state index contributed by atoms with van der Waals surface area (Å²) in [6.07, 6.45) is 4.99. The second-order valence-corrected chi connectivity index (χ2v) is 6.73. The first kappa shape index (κ1) is 15.9. The van der Waals surface area contributed by atoms with Crippen molar-refractivity contribution in [3.05, 3.63) is 29.1 Å². The van der Waals surface area contributed by atoms with Crippen LogP contribution >= 0.6 is 0 Å². The topological polar surface area (TPSA) is 76.4 Å². The SMILES string of the molecule is COc1nn(C)cc1C(=O)N(C)C1CN(c2cc3c(nn2)CCC3)C1. The molecular weight excluding hydrogens is 320 g/mol. The molecule has 132 valence electrons. The number of amides is 1. The van der Waals surface area contributed by atoms with Crippen molar-refractivity contribution in [3.8, 4) is 5.88 Å². The van der Waals surface area contributed by atoms with Gasteiger partial charge in [-0.1, -0.05) is 0 Å². The number of methoxy groups -OCH3 is 1. The number of nitrogens with zero attached hydrogens (tertiary/aromatic N) is 6. The van der Waals surface area contributed by atoms with Crippen LogP contribution in [0, 0.1) is 0 Å². The van der Waals surface area contributed by atoms with Gasteiger partial charge in [-0.3, -0.25) is 9.48 Å². The summed E-state index contributed by atoms with van der Waals surface area (Å²) in [7, 11) is 5.12. The minimum absolute atomic E-state index is 0.0744. The van der Waals surface area contributed by atoms with E-state index < -0.39 is 0 Å². The first-order valence-corrected chi connectivity index (χ1v) is 8.52. The maximum atomic E-state index is 12.7. The molecule has 0 N–H and O–H groups in total. The molecule has 2 aromatic rings. The van der Waals surface area contributed by atoms with Gasteiger partial charge >= 0.3 is 0 Å². The van der Waals surface area contributed by atoms with Crippen molar-refractivity contribution in [2.24, 2.45) is 7.05 Å². The fraction of sp³-hybridized carbons (Fsp3) is 0.529. The second kappa shape index (κ2) is 6.02. The number of hydrogen-bond donors (Lipinski definition) is 0. The Balaban J connectivity index is 1.42. The van der Waals surface area contributed by atoms with Crippen molar-refractivity contribution in [2.75, 3.05) is 32.1 Å². The van der Waals surface area contributed by atoms with Gasteiger partial charge in [-0.05, 0) is 30.9 Å². The summed E-state index contributed by atoms with van der Waals surface area (Å²) in [5.74, 6) is 1.20. The third-order valence-corrected chi connectivity index (χ3v) is 5.08. The maximum Gasteiger partial charge on any atom is 0.261 e. The molecule has 0 radical (unpaired) electrons. The van der Waals surface area contributed by atoms with Crippen LogP contribution in [0.15, 0.2) is 12.3 Å². The van der Waals surface area contributed by atoms with Crippen LogP contribution in [0.25, 0.3) is 0 Å². The van der Waals surface area contributed by atoms with Gasteiger partial charge in [0.15, 0.2) is 5.82 Å². The van der Waals surface area contributed by atoms with Crippen molar-refractivity contribution in [2.45, 2.75) is 25.3 Å². The fourth-order valence-electron chi connectivity index (χ4n) is 3.48. The number of aryl methyl sites for hydroxylation is 3. The summed E-state index contributed by atoms with van der Waals surface area (Å²) in [5, 5.41) is 12.8. The molecule has 25 heavy (non-hydrogen) atoms. The van der Waals surface area contributed by atoms with Crippen molar-refractivity contribution in [1.82, 2.24) is 24.9 Å². The van der Waals surface area contributed by atoms with E-state index in [9.17, 15) is 4.79 Å². The molecule has 0 aromatic carbocycles. The lowest BCUT2D eigenvalue weighted by Gasteiger charge is -2.44. The Morgan fingerprint density at radius 2 is 2.12 bits per heavy atom. The molecule has 8 nitrogen and oxygen atoms in total. The Morgan fingerprint density at radius 3 is 2.88 bits per heavy atom. The summed E-state index contributed by atoms with van der Waals surface area (Å²) in [6, 6.07) is 2.30. The number of aromatic nitrogens is 4. The van der Waals surface area contributed by atoms with Gasteiger partial charge in [0.05, 0.1) is 18.8 Å². The van der Waals surface area contributed by atoms with Gasteiger partial charge in [0.2, 0.25) is 5.88 Å². The third-order valence-electron chi connectivity index (χ3n) is 5.08. The van der Waals surface area contributed by atoms with Crippen molar-refractivity contribution < 1.29 is 9.53 Å². The lowest BCUT2D eigenvalue weighted by molar-refractivity contribution is 0.0701. The molecule has 4 rings (SSSR count). The van der Waals surface area contributed by atoms with Gasteiger partial charge in [-0.25, -0.2) is 0 Å². The van der Waals surface area contributed by atoms with Crippen LogP contribution in [0.1, 0.15) is 28.0 Å². The average Bonchev–Trinajstić information content (AvgIpc) is 3.18. The van der Waals surface area contributed by atoms with E-state index in [2.05, 4.69) is 26.3 Å². The Labute approximate surface area is 146 Å². The number of hydrogen-bond acceptors (Lipinski definition) is 6.